The number of benzene rings is 1. The Labute approximate surface area is 191 Å². The lowest BCUT2D eigenvalue weighted by atomic mass is 10.3. The molecule has 2 rings (SSSR count). The van der Waals surface area contributed by atoms with Crippen molar-refractivity contribution < 1.29 is 24.5 Å². The lowest BCUT2D eigenvalue weighted by Gasteiger charge is -2.29. The molecule has 0 saturated carbocycles. The van der Waals surface area contributed by atoms with E-state index in [4.69, 9.17) is 33.7 Å². The normalized spacial score (nSPS) is 15.3. The molecule has 0 amide bonds. The molecule has 2 aromatic rings. The first-order valence-corrected chi connectivity index (χ1v) is 11.0. The number of aromatic nitrogens is 1. The van der Waals surface area contributed by atoms with Gasteiger partial charge in [-0.15, -0.1) is 11.3 Å². The van der Waals surface area contributed by atoms with Gasteiger partial charge in [0.25, 0.3) is 0 Å². The number of nitrogens with one attached hydrogen (secondary N) is 1. The van der Waals surface area contributed by atoms with Crippen molar-refractivity contribution in [1.29, 1.82) is 0 Å². The molecule has 0 aliphatic rings. The minimum atomic E-state index is -1.13. The number of ether oxygens (including phenoxy) is 1. The zero-order valence-electron chi connectivity index (χ0n) is 15.7. The molecule has 0 spiro atoms. The molecule has 8 nitrogen and oxygen atoms in total. The zero-order chi connectivity index (χ0) is 22.3. The predicted octanol–water partition coefficient (Wildman–Crippen LogP) is 2.57. The minimum absolute atomic E-state index is 0.0136. The van der Waals surface area contributed by atoms with Crippen LogP contribution in [0.4, 0.5) is 4.39 Å². The van der Waals surface area contributed by atoms with E-state index in [-0.39, 0.29) is 16.6 Å². The van der Waals surface area contributed by atoms with E-state index >= 15 is 0 Å². The molecule has 30 heavy (non-hydrogen) atoms. The Morgan fingerprint density at radius 2 is 2.13 bits per heavy atom. The quantitative estimate of drug-likeness (QED) is 0.137. The number of aliphatic hydroxyl groups is 2. The van der Waals surface area contributed by atoms with Crippen molar-refractivity contribution in [1.82, 2.24) is 15.4 Å². The van der Waals surface area contributed by atoms with Gasteiger partial charge in [0.2, 0.25) is 0 Å². The largest absolute Gasteiger partial charge is 0.395 e. The Balaban J connectivity index is 2.12. The Hall–Kier alpha value is -1.15. The molecular weight excluding hydrogens is 478 g/mol. The molecule has 3 unspecified atom stereocenters. The third kappa shape index (κ3) is 7.22. The van der Waals surface area contributed by atoms with Crippen molar-refractivity contribution in [2.75, 3.05) is 20.2 Å². The Morgan fingerprint density at radius 3 is 2.67 bits per heavy atom. The number of likely N-dealkylation sites (N-methyl/N-ethyl adjacent to an activating group) is 1. The minimum Gasteiger partial charge on any atom is -0.395 e. The summed E-state index contributed by atoms with van der Waals surface area (Å²) in [5.41, 5.74) is 5.31. The van der Waals surface area contributed by atoms with E-state index in [0.29, 0.717) is 20.7 Å². The molecular formula is C17H21Cl2FN4O4S2. The summed E-state index contributed by atoms with van der Waals surface area (Å²) in [6, 6.07) is 2.67. The number of rotatable bonds is 11. The summed E-state index contributed by atoms with van der Waals surface area (Å²) in [4.78, 5) is 4.50. The summed E-state index contributed by atoms with van der Waals surface area (Å²) < 4.78 is 19.3. The van der Waals surface area contributed by atoms with Gasteiger partial charge in [0.1, 0.15) is 16.5 Å². The van der Waals surface area contributed by atoms with E-state index in [9.17, 15) is 19.8 Å². The molecule has 3 atom stereocenters. The second-order valence-electron chi connectivity index (χ2n) is 5.95. The summed E-state index contributed by atoms with van der Waals surface area (Å²) in [7, 11) is 1.29. The Morgan fingerprint density at radius 1 is 1.47 bits per heavy atom. The van der Waals surface area contributed by atoms with Gasteiger partial charge in [-0.2, -0.15) is 5.06 Å². The number of nitrogens with zero attached hydrogens (tertiary/aromatic N) is 2. The van der Waals surface area contributed by atoms with Crippen molar-refractivity contribution >= 4 is 52.0 Å². The van der Waals surface area contributed by atoms with Gasteiger partial charge >= 0.3 is 0 Å². The summed E-state index contributed by atoms with van der Waals surface area (Å²) in [6.07, 6.45) is 0.874. The van der Waals surface area contributed by atoms with Gasteiger partial charge in [-0.05, 0) is 12.1 Å². The first-order chi connectivity index (χ1) is 14.2. The fourth-order valence-corrected chi connectivity index (χ4v) is 4.41. The summed E-state index contributed by atoms with van der Waals surface area (Å²) in [5.74, 6) is -0.756. The fraction of sp³-hybridized carbons (Fsp3) is 0.353. The standard InChI is InChI=1S/C17H21Cl2FN4O4S2/c1-24(27)14(8-25)28-17(30-9-4-10(18)15(20)11(19)5-9)13(26)7-22-6-12(21)16-23-2-3-29-16/h2-6,13-14,17,22,25-27H,7-8,21H2,1H3/b12-6-. The molecule has 0 bridgehead atoms. The van der Waals surface area contributed by atoms with Crippen molar-refractivity contribution in [2.45, 2.75) is 22.7 Å². The maximum absolute atomic E-state index is 13.7. The van der Waals surface area contributed by atoms with Crippen molar-refractivity contribution in [2.24, 2.45) is 5.73 Å². The zero-order valence-corrected chi connectivity index (χ0v) is 18.8. The van der Waals surface area contributed by atoms with Crippen LogP contribution in [0.5, 0.6) is 0 Å². The average molecular weight is 499 g/mol. The van der Waals surface area contributed by atoms with Crippen molar-refractivity contribution in [3.05, 3.63) is 50.8 Å². The number of hydroxylamine groups is 2. The maximum Gasteiger partial charge on any atom is 0.160 e. The van der Waals surface area contributed by atoms with Crippen LogP contribution in [0.2, 0.25) is 10.0 Å². The number of hydrogen-bond donors (Lipinski definition) is 5. The van der Waals surface area contributed by atoms with Crippen LogP contribution >= 0.6 is 46.3 Å². The lowest BCUT2D eigenvalue weighted by molar-refractivity contribution is -0.224. The highest BCUT2D eigenvalue weighted by molar-refractivity contribution is 7.99. The van der Waals surface area contributed by atoms with Gasteiger partial charge < -0.3 is 31.2 Å². The van der Waals surface area contributed by atoms with Gasteiger partial charge in [0.05, 0.1) is 22.3 Å². The number of nitrogens with two attached hydrogens (primary N) is 1. The van der Waals surface area contributed by atoms with Crippen LogP contribution in [0, 0.1) is 5.82 Å². The van der Waals surface area contributed by atoms with Crippen LogP contribution in [-0.2, 0) is 4.74 Å². The number of halogens is 3. The summed E-state index contributed by atoms with van der Waals surface area (Å²) in [5, 5.41) is 35.2. The predicted molar refractivity (Wildman–Crippen MR) is 116 cm³/mol. The van der Waals surface area contributed by atoms with Crippen LogP contribution < -0.4 is 11.1 Å². The summed E-state index contributed by atoms with van der Waals surface area (Å²) in [6.45, 7) is -0.522. The van der Waals surface area contributed by atoms with E-state index in [0.717, 1.165) is 11.8 Å². The van der Waals surface area contributed by atoms with Crippen LogP contribution in [0.25, 0.3) is 5.70 Å². The molecule has 0 saturated heterocycles. The van der Waals surface area contributed by atoms with E-state index in [1.54, 1.807) is 11.6 Å². The molecule has 0 aliphatic heterocycles. The van der Waals surface area contributed by atoms with Gasteiger partial charge in [0, 0.05) is 36.3 Å². The van der Waals surface area contributed by atoms with Crippen molar-refractivity contribution in [3.63, 3.8) is 0 Å². The van der Waals surface area contributed by atoms with E-state index in [1.165, 1.54) is 36.7 Å². The highest BCUT2D eigenvalue weighted by atomic mass is 35.5. The molecule has 1 aromatic heterocycles. The fourth-order valence-electron chi connectivity index (χ4n) is 2.15. The molecule has 0 radical (unpaired) electrons. The smallest absolute Gasteiger partial charge is 0.160 e. The van der Waals surface area contributed by atoms with Crippen LogP contribution in [0.1, 0.15) is 5.01 Å². The summed E-state index contributed by atoms with van der Waals surface area (Å²) >= 11 is 14.0. The van der Waals surface area contributed by atoms with Crippen LogP contribution in [-0.4, -0.2) is 63.4 Å². The number of aliphatic hydroxyl groups excluding tert-OH is 2. The molecule has 166 valence electrons. The van der Waals surface area contributed by atoms with E-state index in [1.807, 2.05) is 0 Å². The molecule has 0 aliphatic carbocycles. The molecule has 1 heterocycles. The van der Waals surface area contributed by atoms with Gasteiger partial charge in [0.15, 0.2) is 12.0 Å². The van der Waals surface area contributed by atoms with E-state index in [2.05, 4.69) is 10.3 Å². The molecule has 1 aromatic carbocycles. The number of hydrogen-bond acceptors (Lipinski definition) is 10. The topological polar surface area (TPSA) is 124 Å². The first kappa shape index (κ1) is 25.1. The number of thiazole rings is 1. The third-order valence-corrected chi connectivity index (χ3v) is 6.19. The Bertz CT molecular complexity index is 822. The highest BCUT2D eigenvalue weighted by Gasteiger charge is 2.27. The third-order valence-electron chi connectivity index (χ3n) is 3.65. The number of thioether (sulfide) groups is 1. The second-order valence-corrected chi connectivity index (χ2v) is 8.83. The molecule has 6 N–H and O–H groups in total. The second kappa shape index (κ2) is 12.0. The maximum atomic E-state index is 13.7. The first-order valence-electron chi connectivity index (χ1n) is 8.49. The SMILES string of the molecule is CN(O)C(CO)OC(Sc1cc(Cl)c(F)c(Cl)c1)C(O)CN/C=C(\N)c1nccs1. The Kier molecular flexibility index (Phi) is 10.1. The van der Waals surface area contributed by atoms with Crippen LogP contribution in [0.15, 0.2) is 34.8 Å². The lowest BCUT2D eigenvalue weighted by Crippen LogP contribution is -2.43. The molecule has 13 heteroatoms. The van der Waals surface area contributed by atoms with Crippen molar-refractivity contribution in [3.8, 4) is 0 Å². The van der Waals surface area contributed by atoms with E-state index < -0.39 is 30.2 Å². The van der Waals surface area contributed by atoms with Gasteiger partial charge in [-0.3, -0.25) is 0 Å². The highest BCUT2D eigenvalue weighted by Crippen LogP contribution is 2.34. The average Bonchev–Trinajstić information content (AvgIpc) is 3.23. The van der Waals surface area contributed by atoms with Crippen LogP contribution in [0.3, 0.4) is 0 Å². The monoisotopic (exact) mass is 498 g/mol. The van der Waals surface area contributed by atoms with Gasteiger partial charge in [-0.25, -0.2) is 9.37 Å². The van der Waals surface area contributed by atoms with Gasteiger partial charge in [-0.1, -0.05) is 35.0 Å². The molecule has 0 fully saturated rings.